The molecule has 1 heterocycles. The molecule has 3 aromatic rings. The van der Waals surface area contributed by atoms with E-state index < -0.39 is 0 Å². The highest BCUT2D eigenvalue weighted by atomic mass is 16.5. The highest BCUT2D eigenvalue weighted by Crippen LogP contribution is 2.36. The second kappa shape index (κ2) is 8.94. The van der Waals surface area contributed by atoms with E-state index in [2.05, 4.69) is 5.32 Å². The zero-order valence-corrected chi connectivity index (χ0v) is 19.7. The van der Waals surface area contributed by atoms with Crippen molar-refractivity contribution in [1.29, 1.82) is 0 Å². The third kappa shape index (κ3) is 4.27. The van der Waals surface area contributed by atoms with Gasteiger partial charge in [0.25, 0.3) is 11.8 Å². The molecule has 2 amide bonds. The number of nitrogens with zero attached hydrogens (tertiary/aromatic N) is 1. The Morgan fingerprint density at radius 2 is 1.61 bits per heavy atom. The summed E-state index contributed by atoms with van der Waals surface area (Å²) in [5.74, 6) is -0.0144. The Bertz CT molecular complexity index is 1290. The number of anilines is 2. The molecule has 1 aliphatic heterocycles. The van der Waals surface area contributed by atoms with Gasteiger partial charge in [0.2, 0.25) is 0 Å². The van der Waals surface area contributed by atoms with Gasteiger partial charge in [-0.15, -0.1) is 0 Å². The smallest absolute Gasteiger partial charge is 0.282 e. The lowest BCUT2D eigenvalue weighted by atomic mass is 9.99. The van der Waals surface area contributed by atoms with Crippen LogP contribution >= 0.6 is 0 Å². The molecule has 1 aliphatic rings. The first-order valence-electron chi connectivity index (χ1n) is 11.1. The lowest BCUT2D eigenvalue weighted by Crippen LogP contribution is -2.33. The highest BCUT2D eigenvalue weighted by Gasteiger charge is 2.40. The maximum absolute atomic E-state index is 13.7. The van der Waals surface area contributed by atoms with Gasteiger partial charge in [-0.2, -0.15) is 0 Å². The molecule has 0 aromatic heterocycles. The minimum atomic E-state index is -0.373. The van der Waals surface area contributed by atoms with Crippen LogP contribution in [-0.2, 0) is 9.59 Å². The van der Waals surface area contributed by atoms with E-state index in [0.717, 1.165) is 22.3 Å². The van der Waals surface area contributed by atoms with Crippen molar-refractivity contribution in [2.24, 2.45) is 0 Å². The molecule has 0 bridgehead atoms. The van der Waals surface area contributed by atoms with Gasteiger partial charge in [-0.1, -0.05) is 42.0 Å². The molecule has 0 saturated heterocycles. The maximum atomic E-state index is 13.7. The fourth-order valence-electron chi connectivity index (χ4n) is 4.06. The van der Waals surface area contributed by atoms with Gasteiger partial charge in [0, 0.05) is 11.8 Å². The summed E-state index contributed by atoms with van der Waals surface area (Å²) in [6.45, 7) is 10.4. The van der Waals surface area contributed by atoms with Crippen LogP contribution in [0.4, 0.5) is 11.4 Å². The highest BCUT2D eigenvalue weighted by molar-refractivity contribution is 6.46. The van der Waals surface area contributed by atoms with E-state index in [1.165, 1.54) is 4.90 Å². The maximum Gasteiger partial charge on any atom is 0.282 e. The monoisotopic (exact) mass is 440 g/mol. The van der Waals surface area contributed by atoms with Crippen molar-refractivity contribution < 1.29 is 14.3 Å². The van der Waals surface area contributed by atoms with Crippen LogP contribution in [0.2, 0.25) is 0 Å². The summed E-state index contributed by atoms with van der Waals surface area (Å²) in [5, 5.41) is 3.22. The Labute approximate surface area is 194 Å². The van der Waals surface area contributed by atoms with Gasteiger partial charge in [0.15, 0.2) is 0 Å². The predicted octanol–water partition coefficient (Wildman–Crippen LogP) is 5.72. The third-order valence-corrected chi connectivity index (χ3v) is 5.89. The van der Waals surface area contributed by atoms with Crippen molar-refractivity contribution in [3.63, 3.8) is 0 Å². The van der Waals surface area contributed by atoms with Gasteiger partial charge in [0.1, 0.15) is 11.4 Å². The van der Waals surface area contributed by atoms with E-state index in [-0.39, 0.29) is 17.5 Å². The van der Waals surface area contributed by atoms with E-state index in [9.17, 15) is 9.59 Å². The van der Waals surface area contributed by atoms with E-state index in [4.69, 9.17) is 4.74 Å². The second-order valence-corrected chi connectivity index (χ2v) is 8.37. The fraction of sp³-hybridized carbons (Fsp3) is 0.214. The fourth-order valence-corrected chi connectivity index (χ4v) is 4.06. The first-order chi connectivity index (χ1) is 15.8. The molecule has 168 valence electrons. The van der Waals surface area contributed by atoms with Crippen molar-refractivity contribution >= 4 is 28.8 Å². The normalized spacial score (nSPS) is 13.7. The molecule has 0 unspecified atom stereocenters. The van der Waals surface area contributed by atoms with Gasteiger partial charge in [-0.05, 0) is 75.1 Å². The molecule has 0 spiro atoms. The molecule has 0 fully saturated rings. The molecule has 0 aliphatic carbocycles. The number of hydrogen-bond donors (Lipinski definition) is 1. The summed E-state index contributed by atoms with van der Waals surface area (Å²) in [6.07, 6.45) is 0. The van der Waals surface area contributed by atoms with E-state index in [0.29, 0.717) is 34.9 Å². The van der Waals surface area contributed by atoms with Crippen LogP contribution < -0.4 is 15.0 Å². The van der Waals surface area contributed by atoms with Crippen molar-refractivity contribution in [3.8, 4) is 5.75 Å². The van der Waals surface area contributed by atoms with Crippen LogP contribution in [0.5, 0.6) is 5.75 Å². The van der Waals surface area contributed by atoms with Crippen LogP contribution in [0.25, 0.3) is 5.57 Å². The lowest BCUT2D eigenvalue weighted by molar-refractivity contribution is -0.120. The molecule has 33 heavy (non-hydrogen) atoms. The Kier molecular flexibility index (Phi) is 6.05. The van der Waals surface area contributed by atoms with Gasteiger partial charge in [-0.3, -0.25) is 9.59 Å². The first kappa shape index (κ1) is 22.3. The quantitative estimate of drug-likeness (QED) is 0.499. The van der Waals surface area contributed by atoms with E-state index in [1.54, 1.807) is 0 Å². The van der Waals surface area contributed by atoms with Crippen LogP contribution in [0.1, 0.15) is 34.7 Å². The zero-order chi connectivity index (χ0) is 23.7. The Hall–Kier alpha value is -3.86. The molecule has 0 radical (unpaired) electrons. The number of ether oxygens (including phenoxy) is 1. The summed E-state index contributed by atoms with van der Waals surface area (Å²) in [4.78, 5) is 28.6. The number of benzene rings is 3. The lowest BCUT2D eigenvalue weighted by Gasteiger charge is -2.18. The number of imide groups is 1. The molecule has 4 rings (SSSR count). The predicted molar refractivity (Wildman–Crippen MR) is 132 cm³/mol. The summed E-state index contributed by atoms with van der Waals surface area (Å²) in [5.41, 5.74) is 6.75. The number of rotatable bonds is 6. The molecule has 0 atom stereocenters. The summed E-state index contributed by atoms with van der Waals surface area (Å²) >= 11 is 0. The van der Waals surface area contributed by atoms with Crippen LogP contribution in [0.15, 0.2) is 66.4 Å². The Balaban J connectivity index is 1.84. The Morgan fingerprint density at radius 1 is 0.818 bits per heavy atom. The zero-order valence-electron chi connectivity index (χ0n) is 19.7. The van der Waals surface area contributed by atoms with Crippen LogP contribution in [0.3, 0.4) is 0 Å². The van der Waals surface area contributed by atoms with Gasteiger partial charge >= 0.3 is 0 Å². The minimum absolute atomic E-state index is 0.261. The summed E-state index contributed by atoms with van der Waals surface area (Å²) in [6, 6.07) is 18.9. The van der Waals surface area contributed by atoms with Crippen LogP contribution in [-0.4, -0.2) is 18.4 Å². The summed E-state index contributed by atoms with van der Waals surface area (Å²) < 4.78 is 5.60. The molecule has 5 heteroatoms. The van der Waals surface area contributed by atoms with E-state index in [1.807, 2.05) is 95.3 Å². The topological polar surface area (TPSA) is 58.6 Å². The molecular weight excluding hydrogens is 412 g/mol. The average molecular weight is 441 g/mol. The number of aryl methyl sites for hydroxylation is 4. The molecule has 0 saturated carbocycles. The number of carbonyl (C=O) groups excluding carboxylic acids is 2. The van der Waals surface area contributed by atoms with Gasteiger partial charge in [0.05, 0.1) is 17.9 Å². The molecular formula is C28H28N2O3. The standard InChI is InChI=1S/C28H28N2O3/c1-6-33-23-9-7-8-22(16-23)29-26-25(21-12-11-18(3)19(4)15-21)27(31)30(28(26)32)24-13-10-17(2)14-20(24)5/h7-16,29H,6H2,1-5H3. The largest absolute Gasteiger partial charge is 0.494 e. The van der Waals surface area contributed by atoms with Gasteiger partial charge < -0.3 is 10.1 Å². The third-order valence-electron chi connectivity index (χ3n) is 5.89. The number of hydrogen-bond acceptors (Lipinski definition) is 4. The van der Waals surface area contributed by atoms with Gasteiger partial charge in [-0.25, -0.2) is 4.90 Å². The second-order valence-electron chi connectivity index (χ2n) is 8.37. The minimum Gasteiger partial charge on any atom is -0.494 e. The van der Waals surface area contributed by atoms with Crippen molar-refractivity contribution in [2.75, 3.05) is 16.8 Å². The molecule has 3 aromatic carbocycles. The van der Waals surface area contributed by atoms with Crippen molar-refractivity contribution in [3.05, 3.63) is 94.2 Å². The van der Waals surface area contributed by atoms with E-state index >= 15 is 0 Å². The summed E-state index contributed by atoms with van der Waals surface area (Å²) in [7, 11) is 0. The van der Waals surface area contributed by atoms with Crippen molar-refractivity contribution in [2.45, 2.75) is 34.6 Å². The molecule has 5 nitrogen and oxygen atoms in total. The Morgan fingerprint density at radius 3 is 2.30 bits per heavy atom. The van der Waals surface area contributed by atoms with Crippen molar-refractivity contribution in [1.82, 2.24) is 0 Å². The number of nitrogens with one attached hydrogen (secondary N) is 1. The molecule has 1 N–H and O–H groups in total. The first-order valence-corrected chi connectivity index (χ1v) is 11.1. The number of carbonyl (C=O) groups is 2. The SMILES string of the molecule is CCOc1cccc(NC2=C(c3ccc(C)c(C)c3)C(=O)N(c3ccc(C)cc3C)C2=O)c1. The number of amides is 2. The van der Waals surface area contributed by atoms with Crippen LogP contribution in [0, 0.1) is 27.7 Å². The average Bonchev–Trinajstić information content (AvgIpc) is 3.00.